The molecular formula is C25H19N7O2. The molecule has 9 heteroatoms. The van der Waals surface area contributed by atoms with Gasteiger partial charge in [-0.05, 0) is 34.0 Å². The van der Waals surface area contributed by atoms with Crippen LogP contribution < -0.4 is 10.6 Å². The fraction of sp³-hybridized carbons (Fsp3) is 0.0800. The van der Waals surface area contributed by atoms with Crippen LogP contribution in [0.2, 0.25) is 0 Å². The topological polar surface area (TPSA) is 129 Å². The van der Waals surface area contributed by atoms with Gasteiger partial charge in [-0.15, -0.1) is 10.2 Å². The zero-order chi connectivity index (χ0) is 23.3. The number of carbonyl (C=O) groups is 1. The first-order valence-electron chi connectivity index (χ1n) is 10.5. The summed E-state index contributed by atoms with van der Waals surface area (Å²) in [7, 11) is 0. The van der Waals surface area contributed by atoms with Gasteiger partial charge >= 0.3 is 6.09 Å². The highest BCUT2D eigenvalue weighted by Crippen LogP contribution is 2.44. The number of fused-ring (bicyclic) bond motifs is 3. The summed E-state index contributed by atoms with van der Waals surface area (Å²) in [4.78, 5) is 12.6. The molecule has 3 N–H and O–H groups in total. The summed E-state index contributed by atoms with van der Waals surface area (Å²) in [6, 6.07) is 25.4. The van der Waals surface area contributed by atoms with Crippen LogP contribution in [0.4, 0.5) is 10.5 Å². The molecule has 0 saturated carbocycles. The van der Waals surface area contributed by atoms with Crippen molar-refractivity contribution in [3.8, 4) is 17.2 Å². The van der Waals surface area contributed by atoms with E-state index in [0.717, 1.165) is 33.5 Å². The molecule has 0 bridgehead atoms. The molecular weight excluding hydrogens is 430 g/mol. The number of hydrogen-bond donors (Lipinski definition) is 3. The molecule has 1 aliphatic rings. The fourth-order valence-corrected chi connectivity index (χ4v) is 3.86. The number of aromatic amines is 1. The Kier molecular flexibility index (Phi) is 5.69. The number of aromatic nitrogens is 4. The van der Waals surface area contributed by atoms with Crippen molar-refractivity contribution in [3.05, 3.63) is 102 Å². The lowest BCUT2D eigenvalue weighted by molar-refractivity contribution is 0.118. The number of nitrogens with zero attached hydrogens (tertiary/aromatic N) is 4. The van der Waals surface area contributed by atoms with Crippen LogP contribution in [0.5, 0.6) is 0 Å². The van der Waals surface area contributed by atoms with Crippen LogP contribution in [0.1, 0.15) is 28.6 Å². The number of benzene rings is 3. The second-order valence-electron chi connectivity index (χ2n) is 7.56. The summed E-state index contributed by atoms with van der Waals surface area (Å²) in [6.45, 7) is 0.317. The first-order chi connectivity index (χ1) is 16.7. The van der Waals surface area contributed by atoms with E-state index in [9.17, 15) is 10.1 Å². The lowest BCUT2D eigenvalue weighted by Crippen LogP contribution is -2.25. The van der Waals surface area contributed by atoms with E-state index in [1.807, 2.05) is 78.9 Å². The van der Waals surface area contributed by atoms with Gasteiger partial charge in [-0.1, -0.05) is 60.7 Å². The molecule has 166 valence electrons. The number of carbonyl (C=O) groups excluding carboxylic acids is 1. The molecule has 3 aromatic carbocycles. The Labute approximate surface area is 195 Å². The Balaban J connectivity index is 1.19. The van der Waals surface area contributed by atoms with Crippen molar-refractivity contribution in [2.45, 2.75) is 12.6 Å². The quantitative estimate of drug-likeness (QED) is 0.377. The summed E-state index contributed by atoms with van der Waals surface area (Å²) >= 11 is 0. The maximum atomic E-state index is 12.6. The van der Waals surface area contributed by atoms with Gasteiger partial charge in [0.15, 0.2) is 6.10 Å². The van der Waals surface area contributed by atoms with E-state index in [4.69, 9.17) is 4.74 Å². The van der Waals surface area contributed by atoms with Crippen LogP contribution in [0, 0.1) is 11.3 Å². The third-order valence-corrected chi connectivity index (χ3v) is 5.48. The van der Waals surface area contributed by atoms with Gasteiger partial charge in [-0.3, -0.25) is 0 Å². The zero-order valence-corrected chi connectivity index (χ0v) is 17.9. The molecule has 1 aromatic heterocycles. The lowest BCUT2D eigenvalue weighted by Gasteiger charge is -2.15. The van der Waals surface area contributed by atoms with Gasteiger partial charge < -0.3 is 15.4 Å². The minimum atomic E-state index is -0.486. The number of anilines is 1. The van der Waals surface area contributed by atoms with Gasteiger partial charge in [0.1, 0.15) is 11.6 Å². The van der Waals surface area contributed by atoms with Gasteiger partial charge in [-0.2, -0.15) is 10.5 Å². The van der Waals surface area contributed by atoms with Crippen LogP contribution in [-0.4, -0.2) is 26.7 Å². The standard InChI is InChI=1S/C25H19N7O2/c26-13-17(24-29-31-32-30-24)15-27-18-11-9-16(10-12-18)14-28-25(33)34-23-21-7-3-1-5-19(21)20-6-2-4-8-22(20)23/h1-12,15,23,27H,14H2,(H,28,33)(H,29,30,31,32). The number of amides is 1. The average molecular weight is 449 g/mol. The second kappa shape index (κ2) is 9.26. The van der Waals surface area contributed by atoms with E-state index < -0.39 is 12.2 Å². The normalized spacial score (nSPS) is 12.4. The summed E-state index contributed by atoms with van der Waals surface area (Å²) in [5.74, 6) is 0.210. The van der Waals surface area contributed by atoms with Gasteiger partial charge in [0.05, 0.1) is 0 Å². The van der Waals surface area contributed by atoms with Gasteiger partial charge in [0.25, 0.3) is 0 Å². The maximum Gasteiger partial charge on any atom is 0.408 e. The number of ether oxygens (including phenoxy) is 1. The predicted molar refractivity (Wildman–Crippen MR) is 125 cm³/mol. The molecule has 0 saturated heterocycles. The Morgan fingerprint density at radius 3 is 2.32 bits per heavy atom. The molecule has 5 rings (SSSR count). The Morgan fingerprint density at radius 2 is 1.71 bits per heavy atom. The molecule has 0 radical (unpaired) electrons. The van der Waals surface area contributed by atoms with E-state index in [2.05, 4.69) is 31.3 Å². The summed E-state index contributed by atoms with van der Waals surface area (Å²) in [6.07, 6.45) is 0.590. The first-order valence-corrected chi connectivity index (χ1v) is 10.5. The number of tetrazole rings is 1. The zero-order valence-electron chi connectivity index (χ0n) is 17.9. The molecule has 0 aliphatic heterocycles. The number of allylic oxidation sites excluding steroid dienone is 1. The number of nitrogens with one attached hydrogen (secondary N) is 3. The fourth-order valence-electron chi connectivity index (χ4n) is 3.86. The highest BCUT2D eigenvalue weighted by atomic mass is 16.6. The van der Waals surface area contributed by atoms with E-state index in [-0.39, 0.29) is 11.4 Å². The summed E-state index contributed by atoms with van der Waals surface area (Å²) in [5.41, 5.74) is 6.06. The van der Waals surface area contributed by atoms with Crippen molar-refractivity contribution in [1.29, 1.82) is 5.26 Å². The highest BCUT2D eigenvalue weighted by molar-refractivity contribution is 5.80. The molecule has 1 amide bonds. The Morgan fingerprint density at radius 1 is 1.03 bits per heavy atom. The minimum absolute atomic E-state index is 0.210. The first kappa shape index (κ1) is 20.9. The van der Waals surface area contributed by atoms with E-state index in [1.165, 1.54) is 6.20 Å². The second-order valence-corrected chi connectivity index (χ2v) is 7.56. The van der Waals surface area contributed by atoms with E-state index in [1.54, 1.807) is 0 Å². The van der Waals surface area contributed by atoms with Crippen molar-refractivity contribution < 1.29 is 9.53 Å². The van der Waals surface area contributed by atoms with Crippen LogP contribution in [0.15, 0.2) is 79.0 Å². The van der Waals surface area contributed by atoms with Crippen molar-refractivity contribution in [1.82, 2.24) is 25.9 Å². The molecule has 0 unspecified atom stereocenters. The third kappa shape index (κ3) is 4.20. The van der Waals surface area contributed by atoms with Gasteiger partial charge in [-0.25, -0.2) is 4.79 Å². The molecule has 1 aliphatic carbocycles. The van der Waals surface area contributed by atoms with Crippen molar-refractivity contribution in [3.63, 3.8) is 0 Å². The summed E-state index contributed by atoms with van der Waals surface area (Å²) < 4.78 is 5.80. The molecule has 0 atom stereocenters. The third-order valence-electron chi connectivity index (χ3n) is 5.48. The number of alkyl carbamates (subject to hydrolysis) is 1. The predicted octanol–water partition coefficient (Wildman–Crippen LogP) is 4.17. The Bertz CT molecular complexity index is 1340. The number of hydrogen-bond acceptors (Lipinski definition) is 7. The van der Waals surface area contributed by atoms with Crippen molar-refractivity contribution in [2.75, 3.05) is 5.32 Å². The molecule has 1 heterocycles. The van der Waals surface area contributed by atoms with Gasteiger partial charge in [0, 0.05) is 29.6 Å². The SMILES string of the molecule is N#CC(=CNc1ccc(CNC(=O)OC2c3ccccc3-c3ccccc32)cc1)c1nn[nH]n1. The van der Waals surface area contributed by atoms with Crippen LogP contribution >= 0.6 is 0 Å². The number of rotatable bonds is 6. The largest absolute Gasteiger partial charge is 0.436 e. The van der Waals surface area contributed by atoms with Crippen LogP contribution in [0.25, 0.3) is 16.7 Å². The minimum Gasteiger partial charge on any atom is -0.436 e. The van der Waals surface area contributed by atoms with Crippen LogP contribution in [0.3, 0.4) is 0 Å². The number of H-pyrrole nitrogens is 1. The van der Waals surface area contributed by atoms with Crippen molar-refractivity contribution >= 4 is 17.4 Å². The monoisotopic (exact) mass is 449 g/mol. The van der Waals surface area contributed by atoms with E-state index in [0.29, 0.717) is 6.54 Å². The molecule has 9 nitrogen and oxygen atoms in total. The smallest absolute Gasteiger partial charge is 0.408 e. The van der Waals surface area contributed by atoms with Crippen molar-refractivity contribution in [2.24, 2.45) is 0 Å². The maximum absolute atomic E-state index is 12.6. The molecule has 0 spiro atoms. The van der Waals surface area contributed by atoms with E-state index >= 15 is 0 Å². The average Bonchev–Trinajstić information content (AvgIpc) is 3.52. The number of nitriles is 1. The van der Waals surface area contributed by atoms with Gasteiger partial charge in [0.2, 0.25) is 5.82 Å². The molecule has 34 heavy (non-hydrogen) atoms. The van der Waals surface area contributed by atoms with Crippen LogP contribution in [-0.2, 0) is 11.3 Å². The lowest BCUT2D eigenvalue weighted by atomic mass is 10.1. The molecule has 4 aromatic rings. The molecule has 0 fully saturated rings. The highest BCUT2D eigenvalue weighted by Gasteiger charge is 2.30. The Hall–Kier alpha value is -4.97. The summed E-state index contributed by atoms with van der Waals surface area (Å²) in [5, 5.41) is 28.4.